The summed E-state index contributed by atoms with van der Waals surface area (Å²) in [6.07, 6.45) is 0. The number of nitrogens with two attached hydrogens (primary N) is 1. The number of benzene rings is 2. The van der Waals surface area contributed by atoms with Crippen LogP contribution in [0.2, 0.25) is 15.1 Å². The Kier molecular flexibility index (Phi) is 5.91. The molecule has 0 amide bonds. The van der Waals surface area contributed by atoms with Crippen molar-refractivity contribution in [2.75, 3.05) is 13.6 Å². The molecule has 0 saturated carbocycles. The minimum atomic E-state index is 0.0254. The molecule has 0 aliphatic heterocycles. The van der Waals surface area contributed by atoms with E-state index in [1.165, 1.54) is 0 Å². The van der Waals surface area contributed by atoms with Crippen LogP contribution in [-0.2, 0) is 6.54 Å². The maximum Gasteiger partial charge on any atom is 0.0472 e. The molecule has 1 atom stereocenters. The molecule has 0 heterocycles. The lowest BCUT2D eigenvalue weighted by Crippen LogP contribution is -2.30. The van der Waals surface area contributed by atoms with Crippen molar-refractivity contribution < 1.29 is 0 Å². The van der Waals surface area contributed by atoms with Crippen LogP contribution in [0.1, 0.15) is 17.2 Å². The molecular formula is C16H17Cl3N2. The van der Waals surface area contributed by atoms with E-state index in [1.54, 1.807) is 6.07 Å². The monoisotopic (exact) mass is 342 g/mol. The highest BCUT2D eigenvalue weighted by atomic mass is 35.5. The molecule has 2 nitrogen and oxygen atoms in total. The minimum absolute atomic E-state index is 0.0254. The highest BCUT2D eigenvalue weighted by Gasteiger charge is 2.17. The van der Waals surface area contributed by atoms with E-state index in [2.05, 4.69) is 4.90 Å². The zero-order valence-corrected chi connectivity index (χ0v) is 14.0. The van der Waals surface area contributed by atoms with Gasteiger partial charge in [0.2, 0.25) is 0 Å². The average molecular weight is 344 g/mol. The van der Waals surface area contributed by atoms with Crippen molar-refractivity contribution in [3.63, 3.8) is 0 Å². The maximum atomic E-state index is 6.21. The maximum absolute atomic E-state index is 6.21. The van der Waals surface area contributed by atoms with E-state index in [9.17, 15) is 0 Å². The third-order valence-electron chi connectivity index (χ3n) is 3.40. The first-order chi connectivity index (χ1) is 10.0. The second-order valence-corrected chi connectivity index (χ2v) is 6.24. The molecule has 0 spiro atoms. The summed E-state index contributed by atoms with van der Waals surface area (Å²) in [4.78, 5) is 2.14. The lowest BCUT2D eigenvalue weighted by atomic mass is 10.0. The first-order valence-corrected chi connectivity index (χ1v) is 7.74. The topological polar surface area (TPSA) is 29.3 Å². The van der Waals surface area contributed by atoms with Crippen LogP contribution in [0.3, 0.4) is 0 Å². The van der Waals surface area contributed by atoms with Gasteiger partial charge in [0.05, 0.1) is 0 Å². The van der Waals surface area contributed by atoms with E-state index in [4.69, 9.17) is 40.5 Å². The van der Waals surface area contributed by atoms with Gasteiger partial charge < -0.3 is 5.73 Å². The Labute approximate surface area is 140 Å². The van der Waals surface area contributed by atoms with E-state index in [0.29, 0.717) is 23.1 Å². The minimum Gasteiger partial charge on any atom is -0.329 e. The lowest BCUT2D eigenvalue weighted by molar-refractivity contribution is 0.242. The Morgan fingerprint density at radius 2 is 1.67 bits per heavy atom. The number of hydrogen-bond acceptors (Lipinski definition) is 2. The Morgan fingerprint density at radius 3 is 2.24 bits per heavy atom. The molecule has 0 radical (unpaired) electrons. The fourth-order valence-electron chi connectivity index (χ4n) is 2.34. The molecule has 0 fully saturated rings. The van der Waals surface area contributed by atoms with Gasteiger partial charge in [0, 0.05) is 34.2 Å². The SMILES string of the molecule is CN(Cc1ccccc1Cl)C(CN)c1cc(Cl)cc(Cl)c1. The van der Waals surface area contributed by atoms with Crippen LogP contribution in [0.5, 0.6) is 0 Å². The van der Waals surface area contributed by atoms with E-state index in [0.717, 1.165) is 16.1 Å². The number of nitrogens with zero attached hydrogens (tertiary/aromatic N) is 1. The summed E-state index contributed by atoms with van der Waals surface area (Å²) < 4.78 is 0. The summed E-state index contributed by atoms with van der Waals surface area (Å²) >= 11 is 18.4. The van der Waals surface area contributed by atoms with Crippen molar-refractivity contribution in [3.05, 3.63) is 68.7 Å². The van der Waals surface area contributed by atoms with Crippen LogP contribution in [0.25, 0.3) is 0 Å². The summed E-state index contributed by atoms with van der Waals surface area (Å²) in [6.45, 7) is 1.17. The molecule has 0 saturated heterocycles. The van der Waals surface area contributed by atoms with Gasteiger partial charge in [-0.1, -0.05) is 53.0 Å². The molecule has 21 heavy (non-hydrogen) atoms. The summed E-state index contributed by atoms with van der Waals surface area (Å²) in [6, 6.07) is 13.3. The van der Waals surface area contributed by atoms with Gasteiger partial charge in [-0.2, -0.15) is 0 Å². The molecule has 1 unspecified atom stereocenters. The van der Waals surface area contributed by atoms with Crippen LogP contribution in [-0.4, -0.2) is 18.5 Å². The molecule has 0 bridgehead atoms. The molecule has 0 aliphatic rings. The van der Waals surface area contributed by atoms with Gasteiger partial charge in [-0.3, -0.25) is 4.90 Å². The van der Waals surface area contributed by atoms with Crippen LogP contribution in [0, 0.1) is 0 Å². The van der Waals surface area contributed by atoms with Crippen molar-refractivity contribution in [1.82, 2.24) is 4.90 Å². The zero-order chi connectivity index (χ0) is 15.4. The predicted molar refractivity (Wildman–Crippen MR) is 91.2 cm³/mol. The highest BCUT2D eigenvalue weighted by molar-refractivity contribution is 6.34. The van der Waals surface area contributed by atoms with Gasteiger partial charge in [-0.25, -0.2) is 0 Å². The van der Waals surface area contributed by atoms with Gasteiger partial charge >= 0.3 is 0 Å². The third kappa shape index (κ3) is 4.35. The summed E-state index contributed by atoms with van der Waals surface area (Å²) in [5.74, 6) is 0. The zero-order valence-electron chi connectivity index (χ0n) is 11.7. The van der Waals surface area contributed by atoms with Crippen molar-refractivity contribution in [1.29, 1.82) is 0 Å². The average Bonchev–Trinajstić information content (AvgIpc) is 2.41. The van der Waals surface area contributed by atoms with Crippen LogP contribution in [0.4, 0.5) is 0 Å². The van der Waals surface area contributed by atoms with E-state index < -0.39 is 0 Å². The van der Waals surface area contributed by atoms with Gasteiger partial charge in [0.1, 0.15) is 0 Å². The van der Waals surface area contributed by atoms with E-state index >= 15 is 0 Å². The molecular weight excluding hydrogens is 327 g/mol. The first-order valence-electron chi connectivity index (χ1n) is 6.61. The largest absolute Gasteiger partial charge is 0.329 e. The molecule has 5 heteroatoms. The Morgan fingerprint density at radius 1 is 1.05 bits per heavy atom. The molecule has 112 valence electrons. The molecule has 2 aromatic carbocycles. The fraction of sp³-hybridized carbons (Fsp3) is 0.250. The number of likely N-dealkylation sites (N-methyl/N-ethyl adjacent to an activating group) is 1. The number of rotatable bonds is 5. The summed E-state index contributed by atoms with van der Waals surface area (Å²) in [5.41, 5.74) is 8.00. The predicted octanol–water partition coefficient (Wildman–Crippen LogP) is 4.78. The Balaban J connectivity index is 2.22. The van der Waals surface area contributed by atoms with Gasteiger partial charge in [0.15, 0.2) is 0 Å². The van der Waals surface area contributed by atoms with Crippen molar-refractivity contribution in [2.45, 2.75) is 12.6 Å². The normalized spacial score (nSPS) is 12.7. The van der Waals surface area contributed by atoms with Crippen LogP contribution < -0.4 is 5.73 Å². The second-order valence-electron chi connectivity index (χ2n) is 4.96. The van der Waals surface area contributed by atoms with Crippen LogP contribution >= 0.6 is 34.8 Å². The Hall–Kier alpha value is -0.770. The van der Waals surface area contributed by atoms with Gasteiger partial charge in [-0.05, 0) is 42.4 Å². The van der Waals surface area contributed by atoms with Gasteiger partial charge in [-0.15, -0.1) is 0 Å². The van der Waals surface area contributed by atoms with Crippen molar-refractivity contribution in [2.24, 2.45) is 5.73 Å². The first kappa shape index (κ1) is 16.6. The lowest BCUT2D eigenvalue weighted by Gasteiger charge is -2.28. The second kappa shape index (κ2) is 7.48. The highest BCUT2D eigenvalue weighted by Crippen LogP contribution is 2.28. The fourth-order valence-corrected chi connectivity index (χ4v) is 3.08. The van der Waals surface area contributed by atoms with Crippen molar-refractivity contribution >= 4 is 34.8 Å². The standard InChI is InChI=1S/C16H17Cl3N2/c1-21(10-11-4-2-3-5-15(11)19)16(9-20)12-6-13(17)8-14(18)7-12/h2-8,16H,9-10,20H2,1H3. The number of hydrogen-bond donors (Lipinski definition) is 1. The Bertz CT molecular complexity index is 596. The van der Waals surface area contributed by atoms with Crippen molar-refractivity contribution in [3.8, 4) is 0 Å². The van der Waals surface area contributed by atoms with E-state index in [-0.39, 0.29) is 6.04 Å². The molecule has 0 aromatic heterocycles. The summed E-state index contributed by atoms with van der Waals surface area (Å²) in [5, 5.41) is 1.98. The number of halogens is 3. The molecule has 0 aliphatic carbocycles. The molecule has 2 N–H and O–H groups in total. The molecule has 2 rings (SSSR count). The smallest absolute Gasteiger partial charge is 0.0472 e. The third-order valence-corrected chi connectivity index (χ3v) is 4.21. The summed E-state index contributed by atoms with van der Waals surface area (Å²) in [7, 11) is 2.01. The van der Waals surface area contributed by atoms with E-state index in [1.807, 2.05) is 43.4 Å². The van der Waals surface area contributed by atoms with Gasteiger partial charge in [0.25, 0.3) is 0 Å². The van der Waals surface area contributed by atoms with Crippen LogP contribution in [0.15, 0.2) is 42.5 Å². The quantitative estimate of drug-likeness (QED) is 0.846. The molecule has 2 aromatic rings.